The van der Waals surface area contributed by atoms with Crippen LogP contribution in [-0.2, 0) is 11.2 Å². The van der Waals surface area contributed by atoms with E-state index in [0.29, 0.717) is 6.42 Å². The second-order valence-corrected chi connectivity index (χ2v) is 12.0. The fourth-order valence-electron chi connectivity index (χ4n) is 1.50. The highest BCUT2D eigenvalue weighted by atomic mass is 127. The van der Waals surface area contributed by atoms with Gasteiger partial charge in [-0.25, -0.2) is 0 Å². The molecule has 1 aromatic heterocycles. The second kappa shape index (κ2) is 4.64. The van der Waals surface area contributed by atoms with E-state index in [9.17, 15) is 4.79 Å². The first-order chi connectivity index (χ1) is 7.21. The predicted octanol–water partition coefficient (Wildman–Crippen LogP) is 3.34. The zero-order valence-corrected chi connectivity index (χ0v) is 13.7. The third kappa shape index (κ3) is 2.42. The highest BCUT2D eigenvalue weighted by Gasteiger charge is 2.41. The van der Waals surface area contributed by atoms with Gasteiger partial charge < -0.3 is 9.21 Å². The summed E-state index contributed by atoms with van der Waals surface area (Å²) in [4.78, 5) is 10.7. The molecule has 0 aliphatic heterocycles. The van der Waals surface area contributed by atoms with Gasteiger partial charge in [0.1, 0.15) is 20.6 Å². The molecule has 1 rings (SSSR count). The van der Waals surface area contributed by atoms with Crippen molar-refractivity contribution in [1.29, 1.82) is 0 Å². The van der Waals surface area contributed by atoms with Gasteiger partial charge in [0.05, 0.1) is 8.95 Å². The maximum atomic E-state index is 10.7. The minimum absolute atomic E-state index is 0.228. The average Bonchev–Trinajstić information content (AvgIpc) is 2.47. The molecule has 0 unspecified atom stereocenters. The lowest BCUT2D eigenvalue weighted by Crippen LogP contribution is -2.50. The molecule has 0 bridgehead atoms. The van der Waals surface area contributed by atoms with Gasteiger partial charge in [0, 0.05) is 12.0 Å². The molecule has 0 radical (unpaired) electrons. The quantitative estimate of drug-likeness (QED) is 0.476. The molecule has 16 heavy (non-hydrogen) atoms. The van der Waals surface area contributed by atoms with Gasteiger partial charge in [-0.15, -0.1) is 0 Å². The van der Waals surface area contributed by atoms with E-state index in [1.54, 1.807) is 6.26 Å². The molecular formula is C12H19IO2Si. The van der Waals surface area contributed by atoms with Gasteiger partial charge in [-0.1, -0.05) is 33.9 Å². The summed E-state index contributed by atoms with van der Waals surface area (Å²) in [5.41, 5.74) is 1.10. The van der Waals surface area contributed by atoms with Gasteiger partial charge in [0.2, 0.25) is 0 Å². The molecule has 0 amide bonds. The number of hydrogen-bond acceptors (Lipinski definition) is 2. The molecule has 0 aliphatic rings. The van der Waals surface area contributed by atoms with E-state index in [0.717, 1.165) is 20.8 Å². The highest BCUT2D eigenvalue weighted by Crippen LogP contribution is 2.36. The van der Waals surface area contributed by atoms with Crippen LogP contribution in [0.2, 0.25) is 18.1 Å². The largest absolute Gasteiger partial charge is 0.473 e. The molecule has 0 aromatic carbocycles. The number of halogens is 1. The van der Waals surface area contributed by atoms with Crippen LogP contribution in [0.15, 0.2) is 10.7 Å². The molecule has 0 spiro atoms. The van der Waals surface area contributed by atoms with Gasteiger partial charge in [0.15, 0.2) is 0 Å². The summed E-state index contributed by atoms with van der Waals surface area (Å²) >= 11 is 2.24. The van der Waals surface area contributed by atoms with E-state index in [2.05, 4.69) is 56.5 Å². The first-order valence-corrected chi connectivity index (χ1v) is 9.49. The summed E-state index contributed by atoms with van der Waals surface area (Å²) < 4.78 is 6.81. The summed E-state index contributed by atoms with van der Waals surface area (Å²) in [5.74, 6) is 0. The lowest BCUT2D eigenvalue weighted by atomic mass is 10.2. The van der Waals surface area contributed by atoms with Crippen molar-refractivity contribution in [2.45, 2.75) is 45.3 Å². The van der Waals surface area contributed by atoms with Gasteiger partial charge in [0.25, 0.3) is 0 Å². The van der Waals surface area contributed by atoms with Crippen molar-refractivity contribution in [1.82, 2.24) is 0 Å². The Balaban J connectivity index is 3.27. The van der Waals surface area contributed by atoms with Crippen molar-refractivity contribution in [3.8, 4) is 0 Å². The van der Waals surface area contributed by atoms with E-state index in [-0.39, 0.29) is 5.04 Å². The van der Waals surface area contributed by atoms with E-state index in [1.807, 2.05) is 0 Å². The SMILES string of the molecule is CC(C)(C)[Si](C)(C)c1occ(I)c1CC=O. The normalized spacial score (nSPS) is 12.9. The monoisotopic (exact) mass is 350 g/mol. The number of carbonyl (C=O) groups excluding carboxylic acids is 1. The predicted molar refractivity (Wildman–Crippen MR) is 78.0 cm³/mol. The smallest absolute Gasteiger partial charge is 0.132 e. The van der Waals surface area contributed by atoms with E-state index in [1.165, 1.54) is 0 Å². The summed E-state index contributed by atoms with van der Waals surface area (Å²) in [6, 6.07) is 0. The molecule has 4 heteroatoms. The molecule has 0 atom stereocenters. The Morgan fingerprint density at radius 1 is 1.44 bits per heavy atom. The van der Waals surface area contributed by atoms with Crippen molar-refractivity contribution in [2.75, 3.05) is 0 Å². The van der Waals surface area contributed by atoms with Gasteiger partial charge in [-0.3, -0.25) is 0 Å². The Hall–Kier alpha value is -0.103. The first-order valence-electron chi connectivity index (χ1n) is 5.41. The van der Waals surface area contributed by atoms with E-state index < -0.39 is 8.07 Å². The molecule has 1 aromatic rings. The third-order valence-electron chi connectivity index (χ3n) is 3.57. The van der Waals surface area contributed by atoms with E-state index in [4.69, 9.17) is 4.42 Å². The lowest BCUT2D eigenvalue weighted by Gasteiger charge is -2.35. The number of rotatable bonds is 3. The first kappa shape index (κ1) is 14.0. The standard InChI is InChI=1S/C12H19IO2Si/c1-12(2,3)16(4,5)11-9(6-7-14)10(13)8-15-11/h7-8H,6H2,1-5H3. The van der Waals surface area contributed by atoms with E-state index >= 15 is 0 Å². The van der Waals surface area contributed by atoms with Crippen LogP contribution >= 0.6 is 22.6 Å². The molecule has 0 fully saturated rings. The molecule has 90 valence electrons. The molecule has 1 heterocycles. The molecule has 2 nitrogen and oxygen atoms in total. The van der Waals surface area contributed by atoms with Crippen LogP contribution in [0.25, 0.3) is 0 Å². The highest BCUT2D eigenvalue weighted by molar-refractivity contribution is 14.1. The van der Waals surface area contributed by atoms with Crippen LogP contribution < -0.4 is 5.38 Å². The van der Waals surface area contributed by atoms with Crippen LogP contribution in [-0.4, -0.2) is 14.4 Å². The zero-order chi connectivity index (χ0) is 12.6. The maximum absolute atomic E-state index is 10.7. The Bertz CT molecular complexity index is 388. The van der Waals surface area contributed by atoms with Gasteiger partial charge in [-0.05, 0) is 27.6 Å². The minimum atomic E-state index is -1.67. The molecule has 0 N–H and O–H groups in total. The van der Waals surface area contributed by atoms with Crippen LogP contribution in [0.5, 0.6) is 0 Å². The zero-order valence-electron chi connectivity index (χ0n) is 10.6. The lowest BCUT2D eigenvalue weighted by molar-refractivity contribution is -0.107. The van der Waals surface area contributed by atoms with Crippen molar-refractivity contribution >= 4 is 42.3 Å². The number of hydrogen-bond donors (Lipinski definition) is 0. The minimum Gasteiger partial charge on any atom is -0.473 e. The summed E-state index contributed by atoms with van der Waals surface area (Å²) in [6.45, 7) is 11.4. The number of carbonyl (C=O) groups is 1. The molecule has 0 saturated carbocycles. The number of furan rings is 1. The van der Waals surface area contributed by atoms with Gasteiger partial charge in [-0.2, -0.15) is 0 Å². The summed E-state index contributed by atoms with van der Waals surface area (Å²) in [7, 11) is -1.67. The Labute approximate surface area is 112 Å². The van der Waals surface area contributed by atoms with Crippen LogP contribution in [0.3, 0.4) is 0 Å². The Kier molecular flexibility index (Phi) is 4.05. The molecular weight excluding hydrogens is 331 g/mol. The fourth-order valence-corrected chi connectivity index (χ4v) is 4.37. The summed E-state index contributed by atoms with van der Waals surface area (Å²) in [6.07, 6.45) is 3.20. The number of aldehydes is 1. The summed E-state index contributed by atoms with van der Waals surface area (Å²) in [5, 5.41) is 1.31. The average molecular weight is 350 g/mol. The second-order valence-electron chi connectivity index (χ2n) is 5.64. The van der Waals surface area contributed by atoms with Crippen molar-refractivity contribution in [3.63, 3.8) is 0 Å². The molecule has 0 aliphatic carbocycles. The van der Waals surface area contributed by atoms with Crippen molar-refractivity contribution < 1.29 is 9.21 Å². The fraction of sp³-hybridized carbons (Fsp3) is 0.583. The topological polar surface area (TPSA) is 30.2 Å². The van der Waals surface area contributed by atoms with Crippen LogP contribution in [0, 0.1) is 3.57 Å². The van der Waals surface area contributed by atoms with Gasteiger partial charge >= 0.3 is 0 Å². The van der Waals surface area contributed by atoms with Crippen LogP contribution in [0.4, 0.5) is 0 Å². The Morgan fingerprint density at radius 3 is 2.44 bits per heavy atom. The van der Waals surface area contributed by atoms with Crippen molar-refractivity contribution in [2.24, 2.45) is 0 Å². The molecule has 0 saturated heterocycles. The maximum Gasteiger partial charge on any atom is 0.132 e. The van der Waals surface area contributed by atoms with Crippen LogP contribution in [0.1, 0.15) is 26.3 Å². The van der Waals surface area contributed by atoms with Crippen molar-refractivity contribution in [3.05, 3.63) is 15.4 Å². The third-order valence-corrected chi connectivity index (χ3v) is 9.78. The Morgan fingerprint density at radius 2 is 2.00 bits per heavy atom.